The van der Waals surface area contributed by atoms with Crippen molar-refractivity contribution in [2.45, 2.75) is 11.3 Å². The molecule has 3 nitrogen and oxygen atoms in total. The predicted octanol–water partition coefficient (Wildman–Crippen LogP) is 6.74. The van der Waals surface area contributed by atoms with Crippen molar-refractivity contribution >= 4 is 34.1 Å². The molecule has 1 heterocycles. The van der Waals surface area contributed by atoms with E-state index in [0.29, 0.717) is 17.3 Å². The van der Waals surface area contributed by atoms with Crippen molar-refractivity contribution in [2.24, 2.45) is 0 Å². The number of aromatic nitrogens is 1. The fourth-order valence-electron chi connectivity index (χ4n) is 2.90. The molecule has 0 spiro atoms. The summed E-state index contributed by atoms with van der Waals surface area (Å²) < 4.78 is 12.9. The van der Waals surface area contributed by atoms with Crippen LogP contribution >= 0.6 is 23.1 Å². The number of amides is 1. The number of rotatable bonds is 7. The minimum absolute atomic E-state index is 0.0788. The van der Waals surface area contributed by atoms with Gasteiger partial charge < -0.3 is 5.32 Å². The number of carbonyl (C=O) groups is 1. The molecule has 0 aliphatic rings. The molecule has 3 aromatic carbocycles. The molecule has 4 rings (SSSR count). The number of nitrogens with zero attached hydrogens (tertiary/aromatic N) is 1. The zero-order valence-electron chi connectivity index (χ0n) is 16.0. The van der Waals surface area contributed by atoms with Crippen LogP contribution in [0.1, 0.15) is 6.42 Å². The lowest BCUT2D eigenvalue weighted by Crippen LogP contribution is -2.11. The molecule has 0 bridgehead atoms. The topological polar surface area (TPSA) is 42.0 Å². The number of nitrogens with one attached hydrogen (secondary N) is 1. The van der Waals surface area contributed by atoms with Gasteiger partial charge in [0.1, 0.15) is 5.82 Å². The maximum Gasteiger partial charge on any atom is 0.226 e. The van der Waals surface area contributed by atoms with Crippen molar-refractivity contribution in [3.63, 3.8) is 0 Å². The molecule has 0 aliphatic carbocycles. The van der Waals surface area contributed by atoms with Crippen LogP contribution in [0.4, 0.5) is 9.52 Å². The Morgan fingerprint density at radius 1 is 0.900 bits per heavy atom. The molecule has 0 atom stereocenters. The molecule has 150 valence electrons. The van der Waals surface area contributed by atoms with Gasteiger partial charge >= 0.3 is 0 Å². The number of carbonyl (C=O) groups excluding carboxylic acids is 1. The van der Waals surface area contributed by atoms with Crippen molar-refractivity contribution in [2.75, 3.05) is 11.1 Å². The molecular weight excluding hydrogens is 415 g/mol. The molecule has 1 amide bonds. The Kier molecular flexibility index (Phi) is 6.57. The van der Waals surface area contributed by atoms with E-state index in [1.807, 2.05) is 35.7 Å². The predicted molar refractivity (Wildman–Crippen MR) is 123 cm³/mol. The van der Waals surface area contributed by atoms with Crippen LogP contribution in [0.15, 0.2) is 89.1 Å². The Bertz CT molecular complexity index is 1110. The third-order valence-corrected chi connectivity index (χ3v) is 6.22. The van der Waals surface area contributed by atoms with Crippen molar-refractivity contribution < 1.29 is 9.18 Å². The van der Waals surface area contributed by atoms with E-state index in [1.54, 1.807) is 12.1 Å². The van der Waals surface area contributed by atoms with E-state index in [2.05, 4.69) is 34.6 Å². The number of thioether (sulfide) groups is 1. The molecule has 0 radical (unpaired) electrons. The highest BCUT2D eigenvalue weighted by Crippen LogP contribution is 2.28. The molecule has 1 aromatic heterocycles. The minimum Gasteiger partial charge on any atom is -0.302 e. The normalized spacial score (nSPS) is 10.7. The number of hydrogen-bond donors (Lipinski definition) is 1. The fourth-order valence-corrected chi connectivity index (χ4v) is 4.49. The molecule has 0 fully saturated rings. The second-order valence-electron chi connectivity index (χ2n) is 6.58. The summed E-state index contributed by atoms with van der Waals surface area (Å²) >= 11 is 2.94. The molecule has 6 heteroatoms. The van der Waals surface area contributed by atoms with Crippen LogP contribution in [0.2, 0.25) is 0 Å². The monoisotopic (exact) mass is 434 g/mol. The molecule has 0 aliphatic heterocycles. The second kappa shape index (κ2) is 9.69. The van der Waals surface area contributed by atoms with Gasteiger partial charge in [-0.25, -0.2) is 9.37 Å². The number of hydrogen-bond acceptors (Lipinski definition) is 4. The largest absolute Gasteiger partial charge is 0.302 e. The van der Waals surface area contributed by atoms with E-state index in [4.69, 9.17) is 0 Å². The number of thiazole rings is 1. The smallest absolute Gasteiger partial charge is 0.226 e. The minimum atomic E-state index is -0.258. The highest BCUT2D eigenvalue weighted by Gasteiger charge is 2.09. The van der Waals surface area contributed by atoms with E-state index in [-0.39, 0.29) is 11.7 Å². The van der Waals surface area contributed by atoms with Gasteiger partial charge in [0.15, 0.2) is 5.13 Å². The van der Waals surface area contributed by atoms with Crippen molar-refractivity contribution in [1.82, 2.24) is 4.98 Å². The Morgan fingerprint density at radius 3 is 2.30 bits per heavy atom. The van der Waals surface area contributed by atoms with Gasteiger partial charge in [0.25, 0.3) is 0 Å². The van der Waals surface area contributed by atoms with Gasteiger partial charge in [-0.3, -0.25) is 4.79 Å². The van der Waals surface area contributed by atoms with Crippen LogP contribution in [-0.2, 0) is 4.79 Å². The second-order valence-corrected chi connectivity index (χ2v) is 8.61. The van der Waals surface area contributed by atoms with Gasteiger partial charge in [-0.2, -0.15) is 0 Å². The molecule has 0 unspecified atom stereocenters. The maximum absolute atomic E-state index is 12.9. The molecule has 1 N–H and O–H groups in total. The van der Waals surface area contributed by atoms with E-state index in [1.165, 1.54) is 40.8 Å². The van der Waals surface area contributed by atoms with E-state index in [9.17, 15) is 9.18 Å². The first-order valence-electron chi connectivity index (χ1n) is 9.47. The summed E-state index contributed by atoms with van der Waals surface area (Å²) in [4.78, 5) is 17.7. The van der Waals surface area contributed by atoms with Crippen molar-refractivity contribution in [1.29, 1.82) is 0 Å². The van der Waals surface area contributed by atoms with Crippen LogP contribution < -0.4 is 5.32 Å². The Morgan fingerprint density at radius 2 is 1.57 bits per heavy atom. The lowest BCUT2D eigenvalue weighted by atomic mass is 10.0. The lowest BCUT2D eigenvalue weighted by Gasteiger charge is -2.03. The summed E-state index contributed by atoms with van der Waals surface area (Å²) in [6.07, 6.45) is 0.364. The quantitative estimate of drug-likeness (QED) is 0.328. The Labute approximate surface area is 183 Å². The van der Waals surface area contributed by atoms with E-state index >= 15 is 0 Å². The standard InChI is InChI=1S/C24H19FN2OS2/c25-20-10-12-21(13-11-20)29-15-14-23(28)27-24-26-22(16-30-24)19-8-6-18(7-9-19)17-4-2-1-3-5-17/h1-13,16H,14-15H2,(H,26,27,28). The average Bonchev–Trinajstić information content (AvgIpc) is 3.24. The summed E-state index contributed by atoms with van der Waals surface area (Å²) in [7, 11) is 0. The lowest BCUT2D eigenvalue weighted by molar-refractivity contribution is -0.115. The molecule has 0 saturated carbocycles. The first-order chi connectivity index (χ1) is 14.7. The van der Waals surface area contributed by atoms with E-state index < -0.39 is 0 Å². The SMILES string of the molecule is O=C(CCSc1ccc(F)cc1)Nc1nc(-c2ccc(-c3ccccc3)cc2)cs1. The summed E-state index contributed by atoms with van der Waals surface area (Å²) in [5.74, 6) is 0.285. The average molecular weight is 435 g/mol. The number of anilines is 1. The third-order valence-electron chi connectivity index (χ3n) is 4.45. The molecule has 0 saturated heterocycles. The van der Waals surface area contributed by atoms with Crippen LogP contribution in [0.5, 0.6) is 0 Å². The third kappa shape index (κ3) is 5.34. The van der Waals surface area contributed by atoms with E-state index in [0.717, 1.165) is 21.7 Å². The number of benzene rings is 3. The highest BCUT2D eigenvalue weighted by molar-refractivity contribution is 7.99. The van der Waals surface area contributed by atoms with Gasteiger partial charge in [0.2, 0.25) is 5.91 Å². The number of halogens is 1. The summed E-state index contributed by atoms with van der Waals surface area (Å²) in [5, 5.41) is 5.40. The van der Waals surface area contributed by atoms with Crippen LogP contribution in [0.25, 0.3) is 22.4 Å². The Balaban J connectivity index is 1.31. The van der Waals surface area contributed by atoms with Crippen LogP contribution in [0.3, 0.4) is 0 Å². The van der Waals surface area contributed by atoms with Gasteiger partial charge in [0, 0.05) is 28.0 Å². The summed E-state index contributed by atoms with van der Waals surface area (Å²) in [6.45, 7) is 0. The Hall–Kier alpha value is -2.96. The van der Waals surface area contributed by atoms with Gasteiger partial charge in [-0.15, -0.1) is 23.1 Å². The molecular formula is C24H19FN2OS2. The van der Waals surface area contributed by atoms with Crippen LogP contribution in [0, 0.1) is 5.82 Å². The molecule has 30 heavy (non-hydrogen) atoms. The zero-order valence-corrected chi connectivity index (χ0v) is 17.7. The van der Waals surface area contributed by atoms with Gasteiger partial charge in [-0.1, -0.05) is 54.6 Å². The summed E-state index contributed by atoms with van der Waals surface area (Å²) in [5.41, 5.74) is 4.18. The van der Waals surface area contributed by atoms with Gasteiger partial charge in [-0.05, 0) is 35.4 Å². The van der Waals surface area contributed by atoms with Crippen molar-refractivity contribution in [3.8, 4) is 22.4 Å². The highest BCUT2D eigenvalue weighted by atomic mass is 32.2. The molecule has 4 aromatic rings. The fraction of sp³-hybridized carbons (Fsp3) is 0.0833. The van der Waals surface area contributed by atoms with Gasteiger partial charge in [0.05, 0.1) is 5.69 Å². The summed E-state index contributed by atoms with van der Waals surface area (Å²) in [6, 6.07) is 24.7. The van der Waals surface area contributed by atoms with Crippen molar-refractivity contribution in [3.05, 3.63) is 90.1 Å². The first kappa shape index (κ1) is 20.3. The zero-order chi connectivity index (χ0) is 20.8. The van der Waals surface area contributed by atoms with Crippen LogP contribution in [-0.4, -0.2) is 16.6 Å². The maximum atomic E-state index is 12.9. The first-order valence-corrected chi connectivity index (χ1v) is 11.3.